The van der Waals surface area contributed by atoms with Gasteiger partial charge in [0.05, 0.1) is 11.1 Å². The molecule has 1 aromatic heterocycles. The van der Waals surface area contributed by atoms with Crippen LogP contribution in [-0.4, -0.2) is 4.57 Å². The molecule has 3 rings (SSSR count). The molecule has 0 aliphatic rings. The zero-order valence-electron chi connectivity index (χ0n) is 9.47. The van der Waals surface area contributed by atoms with Crippen LogP contribution in [0.15, 0.2) is 59.2 Å². The largest absolute Gasteiger partial charge is 0.315 e. The molecule has 0 N–H and O–H groups in total. The smallest absolute Gasteiger partial charge is 0.101 e. The van der Waals surface area contributed by atoms with Crippen molar-refractivity contribution in [2.24, 2.45) is 0 Å². The number of nitrogens with zero attached hydrogens (tertiary/aromatic N) is 2. The van der Waals surface area contributed by atoms with Gasteiger partial charge in [-0.15, -0.1) is 0 Å². The number of fused-ring (bicyclic) bond motifs is 1. The summed E-state index contributed by atoms with van der Waals surface area (Å²) in [7, 11) is 0. The maximum atomic E-state index is 9.17. The van der Waals surface area contributed by atoms with Crippen LogP contribution in [0.4, 0.5) is 0 Å². The number of rotatable bonds is 1. The fourth-order valence-electron chi connectivity index (χ4n) is 2.08. The van der Waals surface area contributed by atoms with Crippen LogP contribution >= 0.6 is 15.9 Å². The van der Waals surface area contributed by atoms with Crippen molar-refractivity contribution in [1.82, 2.24) is 4.57 Å². The Bertz CT molecular complexity index is 748. The molecular formula is C15H9BrN2. The van der Waals surface area contributed by atoms with Gasteiger partial charge in [0.15, 0.2) is 0 Å². The van der Waals surface area contributed by atoms with Crippen molar-refractivity contribution >= 4 is 26.8 Å². The molecule has 0 saturated carbocycles. The lowest BCUT2D eigenvalue weighted by Gasteiger charge is -2.04. The fourth-order valence-corrected chi connectivity index (χ4v) is 2.35. The number of nitriles is 1. The summed E-state index contributed by atoms with van der Waals surface area (Å²) < 4.78 is 3.09. The number of aromatic nitrogens is 1. The van der Waals surface area contributed by atoms with Gasteiger partial charge in [-0.1, -0.05) is 34.1 Å². The van der Waals surface area contributed by atoms with Gasteiger partial charge in [-0.2, -0.15) is 5.26 Å². The molecule has 3 heteroatoms. The van der Waals surface area contributed by atoms with E-state index in [-0.39, 0.29) is 0 Å². The molecule has 0 atom stereocenters. The minimum Gasteiger partial charge on any atom is -0.315 e. The van der Waals surface area contributed by atoms with Crippen molar-refractivity contribution in [1.29, 1.82) is 5.26 Å². The van der Waals surface area contributed by atoms with E-state index in [0.717, 1.165) is 21.1 Å². The summed E-state index contributed by atoms with van der Waals surface area (Å²) >= 11 is 3.43. The van der Waals surface area contributed by atoms with Crippen molar-refractivity contribution in [2.75, 3.05) is 0 Å². The number of halogens is 1. The Morgan fingerprint density at radius 2 is 1.72 bits per heavy atom. The van der Waals surface area contributed by atoms with Gasteiger partial charge in [0.25, 0.3) is 0 Å². The van der Waals surface area contributed by atoms with Gasteiger partial charge in [0.1, 0.15) is 6.07 Å². The number of benzene rings is 2. The molecule has 3 aromatic rings. The molecule has 0 fully saturated rings. The van der Waals surface area contributed by atoms with Gasteiger partial charge >= 0.3 is 0 Å². The molecule has 0 spiro atoms. The molecule has 0 aliphatic heterocycles. The second-order valence-electron chi connectivity index (χ2n) is 4.02. The molecule has 0 saturated heterocycles. The Morgan fingerprint density at radius 1 is 1.00 bits per heavy atom. The highest BCUT2D eigenvalue weighted by Gasteiger charge is 2.08. The van der Waals surface area contributed by atoms with Gasteiger partial charge in [-0.25, -0.2) is 0 Å². The van der Waals surface area contributed by atoms with Crippen molar-refractivity contribution in [3.8, 4) is 11.8 Å². The third-order valence-corrected chi connectivity index (χ3v) is 3.47. The Kier molecular flexibility index (Phi) is 2.66. The van der Waals surface area contributed by atoms with Gasteiger partial charge in [0.2, 0.25) is 0 Å². The molecule has 0 bridgehead atoms. The van der Waals surface area contributed by atoms with Gasteiger partial charge in [0, 0.05) is 21.7 Å². The average Bonchev–Trinajstić information content (AvgIpc) is 2.79. The number of para-hydroxylation sites is 1. The monoisotopic (exact) mass is 296 g/mol. The highest BCUT2D eigenvalue weighted by atomic mass is 79.9. The van der Waals surface area contributed by atoms with Crippen molar-refractivity contribution < 1.29 is 0 Å². The summed E-state index contributed by atoms with van der Waals surface area (Å²) in [6.45, 7) is 0. The van der Waals surface area contributed by atoms with Crippen molar-refractivity contribution in [2.45, 2.75) is 0 Å². The molecule has 1 heterocycles. The topological polar surface area (TPSA) is 28.7 Å². The predicted molar refractivity (Wildman–Crippen MR) is 75.7 cm³/mol. The van der Waals surface area contributed by atoms with E-state index in [1.807, 2.05) is 59.3 Å². The maximum Gasteiger partial charge on any atom is 0.101 e. The number of hydrogen-bond acceptors (Lipinski definition) is 1. The predicted octanol–water partition coefficient (Wildman–Crippen LogP) is 4.26. The summed E-state index contributed by atoms with van der Waals surface area (Å²) in [4.78, 5) is 0. The molecular weight excluding hydrogens is 288 g/mol. The van der Waals surface area contributed by atoms with Crippen LogP contribution in [0.25, 0.3) is 16.6 Å². The molecule has 2 aromatic carbocycles. The van der Waals surface area contributed by atoms with Crippen LogP contribution in [-0.2, 0) is 0 Å². The van der Waals surface area contributed by atoms with Crippen molar-refractivity contribution in [3.05, 3.63) is 64.8 Å². The van der Waals surface area contributed by atoms with Crippen molar-refractivity contribution in [3.63, 3.8) is 0 Å². The third-order valence-electron chi connectivity index (χ3n) is 2.94. The molecule has 0 amide bonds. The van der Waals surface area contributed by atoms with Crippen LogP contribution in [0.2, 0.25) is 0 Å². The zero-order chi connectivity index (χ0) is 12.5. The Morgan fingerprint density at radius 3 is 2.44 bits per heavy atom. The first-order valence-corrected chi connectivity index (χ1v) is 6.35. The quantitative estimate of drug-likeness (QED) is 0.659. The second kappa shape index (κ2) is 4.32. The van der Waals surface area contributed by atoms with Crippen LogP contribution in [0, 0.1) is 11.3 Å². The summed E-state index contributed by atoms with van der Waals surface area (Å²) in [5.41, 5.74) is 2.81. The Hall–Kier alpha value is -2.05. The van der Waals surface area contributed by atoms with Crippen LogP contribution in [0.5, 0.6) is 0 Å². The van der Waals surface area contributed by atoms with Gasteiger partial charge in [-0.05, 0) is 30.3 Å². The van der Waals surface area contributed by atoms with Crippen LogP contribution in [0.3, 0.4) is 0 Å². The lowest BCUT2D eigenvalue weighted by atomic mass is 10.2. The fraction of sp³-hybridized carbons (Fsp3) is 0. The van der Waals surface area contributed by atoms with E-state index in [0.29, 0.717) is 5.56 Å². The number of hydrogen-bond donors (Lipinski definition) is 0. The van der Waals surface area contributed by atoms with E-state index < -0.39 is 0 Å². The Labute approximate surface area is 113 Å². The molecule has 0 radical (unpaired) electrons. The summed E-state index contributed by atoms with van der Waals surface area (Å²) in [5.74, 6) is 0. The van der Waals surface area contributed by atoms with Gasteiger partial charge in [-0.3, -0.25) is 0 Å². The molecule has 0 aliphatic carbocycles. The highest BCUT2D eigenvalue weighted by Crippen LogP contribution is 2.25. The summed E-state index contributed by atoms with van der Waals surface area (Å²) in [6.07, 6.45) is 1.88. The first-order valence-electron chi connectivity index (χ1n) is 5.56. The minimum absolute atomic E-state index is 0.702. The third kappa shape index (κ3) is 1.71. The van der Waals surface area contributed by atoms with E-state index in [2.05, 4.69) is 22.0 Å². The van der Waals surface area contributed by atoms with Gasteiger partial charge < -0.3 is 4.57 Å². The molecule has 0 unspecified atom stereocenters. The lowest BCUT2D eigenvalue weighted by molar-refractivity contribution is 1.12. The van der Waals surface area contributed by atoms with E-state index in [1.54, 1.807) is 0 Å². The Balaban J connectivity index is 2.30. The minimum atomic E-state index is 0.702. The van der Waals surface area contributed by atoms with E-state index in [4.69, 9.17) is 5.26 Å². The maximum absolute atomic E-state index is 9.17. The SMILES string of the molecule is N#Cc1cn(-c2ccc(Br)cc2)c2ccccc12. The molecule has 18 heavy (non-hydrogen) atoms. The first-order chi connectivity index (χ1) is 8.79. The van der Waals surface area contributed by atoms with E-state index in [9.17, 15) is 0 Å². The van der Waals surface area contributed by atoms with E-state index >= 15 is 0 Å². The second-order valence-corrected chi connectivity index (χ2v) is 4.93. The standard InChI is InChI=1S/C15H9BrN2/c16-12-5-7-13(8-6-12)18-10-11(9-17)14-3-1-2-4-15(14)18/h1-8,10H. The average molecular weight is 297 g/mol. The van der Waals surface area contributed by atoms with Crippen LogP contribution in [0.1, 0.15) is 5.56 Å². The van der Waals surface area contributed by atoms with Crippen LogP contribution < -0.4 is 0 Å². The van der Waals surface area contributed by atoms with E-state index in [1.165, 1.54) is 0 Å². The normalized spacial score (nSPS) is 10.4. The molecule has 2 nitrogen and oxygen atoms in total. The summed E-state index contributed by atoms with van der Waals surface area (Å²) in [6, 6.07) is 18.2. The first kappa shape index (κ1) is 11.1. The molecule has 86 valence electrons. The zero-order valence-corrected chi connectivity index (χ0v) is 11.1. The lowest BCUT2D eigenvalue weighted by Crippen LogP contribution is -1.90. The summed E-state index contributed by atoms with van der Waals surface area (Å²) in [5, 5.41) is 10.2. The highest BCUT2D eigenvalue weighted by molar-refractivity contribution is 9.10.